The van der Waals surface area contributed by atoms with Crippen LogP contribution in [0.2, 0.25) is 0 Å². The zero-order valence-electron chi connectivity index (χ0n) is 14.4. The maximum absolute atomic E-state index is 12.8. The van der Waals surface area contributed by atoms with E-state index in [9.17, 15) is 9.59 Å². The molecule has 0 aromatic carbocycles. The van der Waals surface area contributed by atoms with E-state index in [0.717, 1.165) is 23.8 Å². The summed E-state index contributed by atoms with van der Waals surface area (Å²) in [6, 6.07) is 3.37. The van der Waals surface area contributed by atoms with Crippen LogP contribution in [0.1, 0.15) is 39.3 Å². The van der Waals surface area contributed by atoms with E-state index in [2.05, 4.69) is 10.3 Å². The molecule has 0 unspecified atom stereocenters. The minimum atomic E-state index is -0.122. The summed E-state index contributed by atoms with van der Waals surface area (Å²) in [5.41, 5.74) is 0.749. The van der Waals surface area contributed by atoms with Crippen LogP contribution in [0.15, 0.2) is 22.8 Å². The molecule has 2 amide bonds. The first kappa shape index (κ1) is 17.5. The predicted molar refractivity (Wildman–Crippen MR) is 96.1 cm³/mol. The Kier molecular flexibility index (Phi) is 5.37. The van der Waals surface area contributed by atoms with Gasteiger partial charge in [0.1, 0.15) is 4.88 Å². The van der Waals surface area contributed by atoms with Gasteiger partial charge in [0.25, 0.3) is 11.8 Å². The third-order valence-corrected chi connectivity index (χ3v) is 5.22. The van der Waals surface area contributed by atoms with E-state index < -0.39 is 0 Å². The highest BCUT2D eigenvalue weighted by atomic mass is 32.1. The van der Waals surface area contributed by atoms with Gasteiger partial charge < -0.3 is 19.5 Å². The van der Waals surface area contributed by atoms with Gasteiger partial charge in [0.2, 0.25) is 0 Å². The Morgan fingerprint density at radius 2 is 1.96 bits per heavy atom. The number of aryl methyl sites for hydroxylation is 1. The topological polar surface area (TPSA) is 78.7 Å². The number of amides is 2. The van der Waals surface area contributed by atoms with Crippen molar-refractivity contribution >= 4 is 28.3 Å². The van der Waals surface area contributed by atoms with Gasteiger partial charge in [-0.15, -0.1) is 0 Å². The van der Waals surface area contributed by atoms with Crippen LogP contribution in [-0.4, -0.2) is 59.3 Å². The van der Waals surface area contributed by atoms with E-state index in [0.29, 0.717) is 36.8 Å². The van der Waals surface area contributed by atoms with E-state index >= 15 is 0 Å². The van der Waals surface area contributed by atoms with Gasteiger partial charge >= 0.3 is 0 Å². The van der Waals surface area contributed by atoms with Gasteiger partial charge in [0.05, 0.1) is 12.0 Å². The molecule has 0 aliphatic carbocycles. The number of carbonyl (C=O) groups is 2. The molecular weight excluding hydrogens is 340 g/mol. The first-order chi connectivity index (χ1) is 12.1. The van der Waals surface area contributed by atoms with Gasteiger partial charge in [0.15, 0.2) is 10.9 Å². The number of hydrogen-bond donors (Lipinski definition) is 1. The smallest absolute Gasteiger partial charge is 0.289 e. The molecule has 1 N–H and O–H groups in total. The van der Waals surface area contributed by atoms with E-state index in [1.165, 1.54) is 17.6 Å². The molecule has 3 heterocycles. The van der Waals surface area contributed by atoms with E-state index in [1.807, 2.05) is 18.7 Å². The number of furan rings is 1. The second kappa shape index (κ2) is 7.69. The van der Waals surface area contributed by atoms with Crippen molar-refractivity contribution in [1.29, 1.82) is 0 Å². The minimum absolute atomic E-state index is 0.00792. The zero-order valence-corrected chi connectivity index (χ0v) is 15.3. The number of rotatable bonds is 4. The fourth-order valence-corrected chi connectivity index (χ4v) is 3.85. The lowest BCUT2D eigenvalue weighted by atomic mass is 10.3. The van der Waals surface area contributed by atoms with Gasteiger partial charge in [-0.05, 0) is 32.4 Å². The lowest BCUT2D eigenvalue weighted by Gasteiger charge is -2.21. The average Bonchev–Trinajstić information content (AvgIpc) is 3.18. The number of carbonyl (C=O) groups excluding carboxylic acids is 2. The lowest BCUT2D eigenvalue weighted by Crippen LogP contribution is -2.37. The van der Waals surface area contributed by atoms with E-state index in [4.69, 9.17) is 4.42 Å². The lowest BCUT2D eigenvalue weighted by molar-refractivity contribution is 0.0701. The Morgan fingerprint density at radius 3 is 2.60 bits per heavy atom. The largest absolute Gasteiger partial charge is 0.459 e. The number of anilines is 1. The van der Waals surface area contributed by atoms with Crippen molar-refractivity contribution in [3.63, 3.8) is 0 Å². The summed E-state index contributed by atoms with van der Waals surface area (Å²) >= 11 is 1.39. The van der Waals surface area contributed by atoms with E-state index in [1.54, 1.807) is 17.0 Å². The molecule has 2 aromatic rings. The van der Waals surface area contributed by atoms with Crippen LogP contribution in [0.25, 0.3) is 0 Å². The van der Waals surface area contributed by atoms with Crippen LogP contribution in [0.3, 0.4) is 0 Å². The minimum Gasteiger partial charge on any atom is -0.459 e. The van der Waals surface area contributed by atoms with Crippen LogP contribution < -0.4 is 5.32 Å². The van der Waals surface area contributed by atoms with Gasteiger partial charge in [-0.1, -0.05) is 11.3 Å². The van der Waals surface area contributed by atoms with Crippen LogP contribution in [0.5, 0.6) is 0 Å². The standard InChI is InChI=1S/C17H22N4O3S/c1-3-18-17-19-12(2)14(25-17)16(23)21-8-5-7-20(9-10-21)15(22)13-6-4-11-24-13/h4,6,11H,3,5,7-10H2,1-2H3,(H,18,19). The first-order valence-electron chi connectivity index (χ1n) is 8.43. The Labute approximate surface area is 150 Å². The molecule has 1 aliphatic heterocycles. The highest BCUT2D eigenvalue weighted by molar-refractivity contribution is 7.17. The van der Waals surface area contributed by atoms with Crippen molar-refractivity contribution < 1.29 is 14.0 Å². The fraction of sp³-hybridized carbons (Fsp3) is 0.471. The third-order valence-electron chi connectivity index (χ3n) is 4.12. The molecule has 0 bridgehead atoms. The molecule has 8 heteroatoms. The van der Waals surface area contributed by atoms with Gasteiger partial charge in [-0.25, -0.2) is 4.98 Å². The Hall–Kier alpha value is -2.35. The number of nitrogens with zero attached hydrogens (tertiary/aromatic N) is 3. The molecule has 1 saturated heterocycles. The summed E-state index contributed by atoms with van der Waals surface area (Å²) in [6.45, 7) is 6.89. The quantitative estimate of drug-likeness (QED) is 0.904. The molecule has 1 fully saturated rings. The molecule has 2 aromatic heterocycles. The Morgan fingerprint density at radius 1 is 1.24 bits per heavy atom. The van der Waals surface area contributed by atoms with Crippen molar-refractivity contribution in [2.45, 2.75) is 20.3 Å². The maximum atomic E-state index is 12.8. The summed E-state index contributed by atoms with van der Waals surface area (Å²) in [7, 11) is 0. The summed E-state index contributed by atoms with van der Waals surface area (Å²) < 4.78 is 5.19. The Balaban J connectivity index is 1.66. The van der Waals surface area contributed by atoms with Crippen molar-refractivity contribution in [2.75, 3.05) is 38.0 Å². The van der Waals surface area contributed by atoms with Gasteiger partial charge in [-0.3, -0.25) is 9.59 Å². The molecule has 134 valence electrons. The van der Waals surface area contributed by atoms with Crippen LogP contribution in [-0.2, 0) is 0 Å². The van der Waals surface area contributed by atoms with E-state index in [-0.39, 0.29) is 11.8 Å². The fourth-order valence-electron chi connectivity index (χ4n) is 2.85. The second-order valence-corrected chi connectivity index (χ2v) is 6.88. The predicted octanol–water partition coefficient (Wildman–Crippen LogP) is 2.46. The van der Waals surface area contributed by atoms with Crippen molar-refractivity contribution in [3.8, 4) is 0 Å². The molecule has 0 atom stereocenters. The average molecular weight is 362 g/mol. The summed E-state index contributed by atoms with van der Waals surface area (Å²) in [5, 5.41) is 3.92. The monoisotopic (exact) mass is 362 g/mol. The summed E-state index contributed by atoms with van der Waals surface area (Å²) in [4.78, 5) is 33.9. The molecular formula is C17H22N4O3S. The Bertz CT molecular complexity index is 741. The summed E-state index contributed by atoms with van der Waals surface area (Å²) in [6.07, 6.45) is 2.24. The van der Waals surface area contributed by atoms with Crippen LogP contribution in [0.4, 0.5) is 5.13 Å². The molecule has 3 rings (SSSR count). The maximum Gasteiger partial charge on any atom is 0.289 e. The SMILES string of the molecule is CCNc1nc(C)c(C(=O)N2CCCN(C(=O)c3ccco3)CC2)s1. The van der Waals surface area contributed by atoms with Crippen molar-refractivity contribution in [1.82, 2.24) is 14.8 Å². The number of aromatic nitrogens is 1. The van der Waals surface area contributed by atoms with Crippen LogP contribution >= 0.6 is 11.3 Å². The highest BCUT2D eigenvalue weighted by Crippen LogP contribution is 2.24. The molecule has 7 nitrogen and oxygen atoms in total. The van der Waals surface area contributed by atoms with Gasteiger partial charge in [0, 0.05) is 32.7 Å². The highest BCUT2D eigenvalue weighted by Gasteiger charge is 2.26. The van der Waals surface area contributed by atoms with Crippen LogP contribution in [0, 0.1) is 6.92 Å². The number of hydrogen-bond acceptors (Lipinski definition) is 6. The molecule has 0 saturated carbocycles. The third kappa shape index (κ3) is 3.84. The molecule has 0 spiro atoms. The molecule has 1 aliphatic rings. The molecule has 0 radical (unpaired) electrons. The zero-order chi connectivity index (χ0) is 17.8. The second-order valence-electron chi connectivity index (χ2n) is 5.88. The van der Waals surface area contributed by atoms with Crippen molar-refractivity contribution in [2.24, 2.45) is 0 Å². The number of thiazole rings is 1. The van der Waals surface area contributed by atoms with Crippen molar-refractivity contribution in [3.05, 3.63) is 34.7 Å². The summed E-state index contributed by atoms with van der Waals surface area (Å²) in [5.74, 6) is 0.211. The normalized spacial score (nSPS) is 15.1. The first-order valence-corrected chi connectivity index (χ1v) is 9.25. The molecule has 25 heavy (non-hydrogen) atoms. The van der Waals surface area contributed by atoms with Gasteiger partial charge in [-0.2, -0.15) is 0 Å². The number of nitrogens with one attached hydrogen (secondary N) is 1.